The molecule has 44 heavy (non-hydrogen) atoms. The Labute approximate surface area is 249 Å². The van der Waals surface area contributed by atoms with Crippen LogP contribution in [0.15, 0.2) is 48.7 Å². The van der Waals surface area contributed by atoms with Crippen molar-refractivity contribution in [2.45, 2.75) is 44.5 Å². The molecule has 1 aliphatic heterocycles. The topological polar surface area (TPSA) is 73.7 Å². The second kappa shape index (κ2) is 11.5. The zero-order chi connectivity index (χ0) is 32.9. The number of rotatable bonds is 6. The average molecular weight is 626 g/mol. The first-order chi connectivity index (χ1) is 20.3. The zero-order valence-electron chi connectivity index (χ0n) is 24.4. The average Bonchev–Trinajstić information content (AvgIpc) is 3.23. The molecule has 6 nitrogen and oxygen atoms in total. The number of likely N-dealkylation sites (tertiary alicyclic amines) is 1. The van der Waals surface area contributed by atoms with E-state index in [-0.39, 0.29) is 24.2 Å². The lowest BCUT2D eigenvalue weighted by molar-refractivity contribution is -0.143. The Morgan fingerprint density at radius 2 is 1.55 bits per heavy atom. The predicted molar refractivity (Wildman–Crippen MR) is 148 cm³/mol. The number of carbonyl (C=O) groups is 2. The van der Waals surface area contributed by atoms with Gasteiger partial charge in [0.1, 0.15) is 5.82 Å². The maximum Gasteiger partial charge on any atom is 0.416 e. The maximum absolute atomic E-state index is 14.0. The molecule has 1 N–H and O–H groups in total. The Bertz CT molecular complexity index is 1570. The molecule has 4 rings (SSSR count). The van der Waals surface area contributed by atoms with E-state index in [9.17, 15) is 45.4 Å². The van der Waals surface area contributed by atoms with Gasteiger partial charge < -0.3 is 14.9 Å². The molecule has 0 bridgehead atoms. The van der Waals surface area contributed by atoms with Crippen molar-refractivity contribution >= 4 is 17.5 Å². The van der Waals surface area contributed by atoms with Crippen LogP contribution in [0.25, 0.3) is 11.1 Å². The summed E-state index contributed by atoms with van der Waals surface area (Å²) in [5.41, 5.74) is -3.64. The van der Waals surface area contributed by atoms with Crippen LogP contribution in [0.3, 0.4) is 0 Å². The van der Waals surface area contributed by atoms with E-state index in [1.54, 1.807) is 20.0 Å². The normalized spacial score (nSPS) is 17.8. The van der Waals surface area contributed by atoms with Crippen molar-refractivity contribution in [3.8, 4) is 11.1 Å². The van der Waals surface area contributed by atoms with Crippen LogP contribution in [0, 0.1) is 18.7 Å². The van der Waals surface area contributed by atoms with Crippen LogP contribution in [0.1, 0.15) is 47.7 Å². The molecule has 2 amide bonds. The number of aryl methyl sites for hydroxylation is 1. The van der Waals surface area contributed by atoms with Crippen LogP contribution in [0.4, 0.5) is 36.4 Å². The van der Waals surface area contributed by atoms with Gasteiger partial charge in [-0.3, -0.25) is 14.6 Å². The van der Waals surface area contributed by atoms with E-state index in [2.05, 4.69) is 4.98 Å². The van der Waals surface area contributed by atoms with Crippen LogP contribution in [0.5, 0.6) is 0 Å². The van der Waals surface area contributed by atoms with Crippen LogP contribution < -0.4 is 4.90 Å². The fraction of sp³-hybridized carbons (Fsp3) is 0.387. The molecule has 0 aliphatic carbocycles. The van der Waals surface area contributed by atoms with Gasteiger partial charge >= 0.3 is 12.4 Å². The van der Waals surface area contributed by atoms with E-state index in [4.69, 9.17) is 0 Å². The van der Waals surface area contributed by atoms with Crippen molar-refractivity contribution < 1.29 is 45.4 Å². The molecule has 1 saturated heterocycles. The lowest BCUT2D eigenvalue weighted by Crippen LogP contribution is -2.42. The number of pyridine rings is 1. The summed E-state index contributed by atoms with van der Waals surface area (Å²) in [6.07, 6.45) is -8.89. The molecule has 3 aromatic rings. The smallest absolute Gasteiger partial charge is 0.396 e. The molecule has 2 heterocycles. The molecule has 1 aromatic heterocycles. The summed E-state index contributed by atoms with van der Waals surface area (Å²) in [6, 6.07) is 6.56. The highest BCUT2D eigenvalue weighted by Crippen LogP contribution is 2.42. The van der Waals surface area contributed by atoms with E-state index < -0.39 is 64.6 Å². The van der Waals surface area contributed by atoms with Crippen molar-refractivity contribution in [1.82, 2.24) is 9.88 Å². The third-order valence-electron chi connectivity index (χ3n) is 8.12. The number of alkyl halides is 6. The van der Waals surface area contributed by atoms with E-state index in [1.807, 2.05) is 0 Å². The number of aliphatic hydroxyl groups is 1. The van der Waals surface area contributed by atoms with Crippen molar-refractivity contribution in [1.29, 1.82) is 0 Å². The monoisotopic (exact) mass is 625 g/mol. The number of hydrogen-bond acceptors (Lipinski definition) is 4. The SMILES string of the molecule is Cc1cc(F)ccc1-c1cc([C@H]2CN(C)C(=O)[C@@H]2CO)ncc1N(C)C(=O)C(C)(C)c1cc(C(F)(F)F)cc(C(F)(F)F)c1. The first-order valence-electron chi connectivity index (χ1n) is 13.5. The molecule has 1 fully saturated rings. The van der Waals surface area contributed by atoms with E-state index in [1.165, 1.54) is 50.2 Å². The minimum Gasteiger partial charge on any atom is -0.396 e. The van der Waals surface area contributed by atoms with Crippen LogP contribution in [-0.4, -0.2) is 54.1 Å². The minimum absolute atomic E-state index is 0.00330. The first kappa shape index (κ1) is 32.9. The molecule has 1 aliphatic rings. The third kappa shape index (κ3) is 6.15. The molecular formula is C31H30F7N3O3. The van der Waals surface area contributed by atoms with Crippen molar-refractivity contribution in [3.05, 3.63) is 82.4 Å². The number of aromatic nitrogens is 1. The highest BCUT2D eigenvalue weighted by Gasteiger charge is 2.42. The molecule has 2 atom stereocenters. The summed E-state index contributed by atoms with van der Waals surface area (Å²) >= 11 is 0. The fourth-order valence-corrected chi connectivity index (χ4v) is 5.52. The van der Waals surface area contributed by atoms with Gasteiger partial charge in [-0.25, -0.2) is 4.39 Å². The second-order valence-corrected chi connectivity index (χ2v) is 11.5. The van der Waals surface area contributed by atoms with Gasteiger partial charge in [-0.15, -0.1) is 0 Å². The summed E-state index contributed by atoms with van der Waals surface area (Å²) in [5, 5.41) is 9.89. The molecular weight excluding hydrogens is 595 g/mol. The van der Waals surface area contributed by atoms with Gasteiger partial charge in [0.2, 0.25) is 11.8 Å². The van der Waals surface area contributed by atoms with Crippen LogP contribution in [0.2, 0.25) is 0 Å². The number of halogens is 7. The molecule has 0 spiro atoms. The number of benzene rings is 2. The largest absolute Gasteiger partial charge is 0.416 e. The van der Waals surface area contributed by atoms with Crippen molar-refractivity contribution in [2.75, 3.05) is 32.1 Å². The van der Waals surface area contributed by atoms with Crippen molar-refractivity contribution in [2.24, 2.45) is 5.92 Å². The number of hydrogen-bond donors (Lipinski definition) is 1. The lowest BCUT2D eigenvalue weighted by atomic mass is 9.81. The molecule has 0 saturated carbocycles. The van der Waals surface area contributed by atoms with Gasteiger partial charge in [-0.05, 0) is 73.9 Å². The number of aliphatic hydroxyl groups excluding tert-OH is 1. The summed E-state index contributed by atoms with van der Waals surface area (Å²) in [7, 11) is 2.89. The van der Waals surface area contributed by atoms with Crippen LogP contribution >= 0.6 is 0 Å². The van der Waals surface area contributed by atoms with Gasteiger partial charge in [-0.2, -0.15) is 26.3 Å². The molecule has 236 valence electrons. The highest BCUT2D eigenvalue weighted by atomic mass is 19.4. The third-order valence-corrected chi connectivity index (χ3v) is 8.12. The molecule has 2 aromatic carbocycles. The number of amides is 2. The summed E-state index contributed by atoms with van der Waals surface area (Å²) in [5.74, 6) is -2.95. The maximum atomic E-state index is 14.0. The minimum atomic E-state index is -5.10. The summed E-state index contributed by atoms with van der Waals surface area (Å²) in [4.78, 5) is 33.5. The number of nitrogens with zero attached hydrogens (tertiary/aromatic N) is 3. The molecule has 13 heteroatoms. The zero-order valence-corrected chi connectivity index (χ0v) is 24.4. The Hall–Kier alpha value is -4.00. The second-order valence-electron chi connectivity index (χ2n) is 11.5. The van der Waals surface area contributed by atoms with Crippen molar-refractivity contribution in [3.63, 3.8) is 0 Å². The van der Waals surface area contributed by atoms with Gasteiger partial charge in [-0.1, -0.05) is 6.07 Å². The van der Waals surface area contributed by atoms with E-state index >= 15 is 0 Å². The summed E-state index contributed by atoms with van der Waals surface area (Å²) in [6.45, 7) is 3.87. The number of likely N-dealkylation sites (N-methyl/N-ethyl adjacent to an activating group) is 2. The Kier molecular flexibility index (Phi) is 8.59. The van der Waals surface area contributed by atoms with Gasteiger partial charge in [0, 0.05) is 37.8 Å². The predicted octanol–water partition coefficient (Wildman–Crippen LogP) is 6.34. The first-order valence-corrected chi connectivity index (χ1v) is 13.5. The number of anilines is 1. The van der Waals surface area contributed by atoms with E-state index in [0.29, 0.717) is 34.5 Å². The molecule has 0 unspecified atom stereocenters. The quantitative estimate of drug-likeness (QED) is 0.325. The van der Waals surface area contributed by atoms with Gasteiger partial charge in [0.05, 0.1) is 41.0 Å². The summed E-state index contributed by atoms with van der Waals surface area (Å²) < 4.78 is 95.5. The van der Waals surface area contributed by atoms with Gasteiger partial charge in [0.25, 0.3) is 0 Å². The number of carbonyl (C=O) groups excluding carboxylic acids is 2. The Morgan fingerprint density at radius 1 is 0.977 bits per heavy atom. The lowest BCUT2D eigenvalue weighted by Gasteiger charge is -2.32. The van der Waals surface area contributed by atoms with E-state index in [0.717, 1.165) is 4.90 Å². The Morgan fingerprint density at radius 3 is 2.07 bits per heavy atom. The fourth-order valence-electron chi connectivity index (χ4n) is 5.52. The standard InChI is InChI=1S/C31H30F7N3O3/c1-16-8-20(32)6-7-21(16)22-12-25(23-14-40(4)27(43)24(23)15-42)39-13-26(22)41(5)28(44)29(2,3)17-9-18(30(33,34)35)11-19(10-17)31(36,37)38/h6-13,23-24,42H,14-15H2,1-5H3/t23-,24+/m0/s1. The highest BCUT2D eigenvalue weighted by molar-refractivity contribution is 6.03. The Balaban J connectivity index is 1.85. The van der Waals surface area contributed by atoms with Gasteiger partial charge in [0.15, 0.2) is 0 Å². The molecule has 0 radical (unpaired) electrons. The van der Waals surface area contributed by atoms with Crippen LogP contribution in [-0.2, 0) is 27.4 Å².